The van der Waals surface area contributed by atoms with Crippen molar-refractivity contribution in [3.05, 3.63) is 93.1 Å². The van der Waals surface area contributed by atoms with E-state index in [4.69, 9.17) is 23.2 Å². The van der Waals surface area contributed by atoms with E-state index in [2.05, 4.69) is 141 Å². The van der Waals surface area contributed by atoms with Gasteiger partial charge in [-0.1, -0.05) is 54.7 Å². The van der Waals surface area contributed by atoms with Crippen LogP contribution in [0.15, 0.2) is 71.4 Å². The summed E-state index contributed by atoms with van der Waals surface area (Å²) in [5, 5.41) is 1.50. The fourth-order valence-electron chi connectivity index (χ4n) is 6.70. The molecule has 0 radical (unpaired) electrons. The topological polar surface area (TPSA) is 6.25 Å². The zero-order chi connectivity index (χ0) is 32.7. The summed E-state index contributed by atoms with van der Waals surface area (Å²) in [7, 11) is 13.5. The fraction of sp³-hybridized carbons (Fsp3) is 0.500. The number of fused-ring (bicyclic) bond motifs is 2. The maximum atomic E-state index is 6.97. The van der Waals surface area contributed by atoms with Crippen molar-refractivity contribution in [2.75, 3.05) is 73.4 Å². The van der Waals surface area contributed by atoms with E-state index in [-0.39, 0.29) is 10.8 Å². The van der Waals surface area contributed by atoms with Crippen molar-refractivity contribution in [2.24, 2.45) is 0 Å². The van der Waals surface area contributed by atoms with Gasteiger partial charge in [0.2, 0.25) is 5.69 Å². The van der Waals surface area contributed by atoms with E-state index < -0.39 is 0 Å². The zero-order valence-corrected chi connectivity index (χ0v) is 30.6. The Morgan fingerprint density at radius 1 is 0.864 bits per heavy atom. The number of hydrogen-bond donors (Lipinski definition) is 0. The Balaban J connectivity index is 1.67. The van der Waals surface area contributed by atoms with Gasteiger partial charge in [0, 0.05) is 57.5 Å². The Morgan fingerprint density at radius 2 is 1.52 bits per heavy atom. The molecule has 0 unspecified atom stereocenters. The van der Waals surface area contributed by atoms with Gasteiger partial charge < -0.3 is 13.9 Å². The van der Waals surface area contributed by atoms with Crippen LogP contribution >= 0.6 is 23.2 Å². The molecule has 0 N–H and O–H groups in total. The summed E-state index contributed by atoms with van der Waals surface area (Å²) in [5.41, 5.74) is 8.76. The highest BCUT2D eigenvalue weighted by atomic mass is 35.5. The van der Waals surface area contributed by atoms with E-state index in [9.17, 15) is 0 Å². The average Bonchev–Trinajstić information content (AvgIpc) is 3.22. The predicted molar refractivity (Wildman–Crippen MR) is 192 cm³/mol. The largest absolute Gasteiger partial charge is 0.344 e. The van der Waals surface area contributed by atoms with E-state index in [0.29, 0.717) is 0 Å². The third-order valence-electron chi connectivity index (χ3n) is 9.12. The fourth-order valence-corrected chi connectivity index (χ4v) is 7.00. The molecule has 0 spiro atoms. The van der Waals surface area contributed by atoms with Crippen LogP contribution in [0.25, 0.3) is 0 Å². The smallest absolute Gasteiger partial charge is 0.209 e. The minimum atomic E-state index is -0.182. The molecule has 0 saturated heterocycles. The molecule has 0 saturated carbocycles. The van der Waals surface area contributed by atoms with Gasteiger partial charge in [-0.15, -0.1) is 0 Å². The molecule has 2 aromatic carbocycles. The lowest BCUT2D eigenvalue weighted by Gasteiger charge is -2.29. The first kappa shape index (κ1) is 34.5. The molecule has 0 bridgehead atoms. The summed E-state index contributed by atoms with van der Waals surface area (Å²) in [6.07, 6.45) is 10.8. The number of anilines is 1. The van der Waals surface area contributed by atoms with E-state index >= 15 is 0 Å². The number of hydrogen-bond acceptors (Lipinski definition) is 1. The molecule has 0 fully saturated rings. The molecule has 0 aromatic heterocycles. The van der Waals surface area contributed by atoms with Crippen molar-refractivity contribution in [3.63, 3.8) is 0 Å². The Hall–Kier alpha value is -2.37. The second kappa shape index (κ2) is 12.8. The highest BCUT2D eigenvalue weighted by Crippen LogP contribution is 2.48. The van der Waals surface area contributed by atoms with Crippen LogP contribution in [0, 0.1) is 6.92 Å². The van der Waals surface area contributed by atoms with E-state index in [0.717, 1.165) is 58.0 Å². The van der Waals surface area contributed by atoms with Crippen LogP contribution < -0.4 is 4.90 Å². The second-order valence-electron chi connectivity index (χ2n) is 15.8. The third-order valence-corrected chi connectivity index (χ3v) is 9.61. The maximum absolute atomic E-state index is 6.97. The van der Waals surface area contributed by atoms with Crippen molar-refractivity contribution in [2.45, 2.75) is 58.3 Å². The van der Waals surface area contributed by atoms with Gasteiger partial charge in [-0.2, -0.15) is 4.58 Å². The summed E-state index contributed by atoms with van der Waals surface area (Å²) < 4.78 is 4.38. The van der Waals surface area contributed by atoms with Crippen molar-refractivity contribution >= 4 is 40.3 Å². The highest BCUT2D eigenvalue weighted by molar-refractivity contribution is 6.32. The van der Waals surface area contributed by atoms with Crippen LogP contribution in [0.2, 0.25) is 5.02 Å². The monoisotopic (exact) mass is 637 g/mol. The maximum Gasteiger partial charge on any atom is 0.209 e. The number of halogens is 2. The molecule has 4 rings (SSSR count). The lowest BCUT2D eigenvalue weighted by Crippen LogP contribution is -2.37. The first-order chi connectivity index (χ1) is 20.3. The molecule has 2 aliphatic heterocycles. The second-order valence-corrected chi connectivity index (χ2v) is 16.7. The molecule has 238 valence electrons. The van der Waals surface area contributed by atoms with Crippen molar-refractivity contribution in [1.29, 1.82) is 0 Å². The third kappa shape index (κ3) is 7.70. The quantitative estimate of drug-likeness (QED) is 0.136. The molecule has 44 heavy (non-hydrogen) atoms. The summed E-state index contributed by atoms with van der Waals surface area (Å²) in [5.74, 6) is 0. The summed E-state index contributed by atoms with van der Waals surface area (Å²) >= 11 is 13.5. The molecule has 0 atom stereocenters. The van der Waals surface area contributed by atoms with Crippen molar-refractivity contribution in [3.8, 4) is 0 Å². The lowest BCUT2D eigenvalue weighted by atomic mass is 9.81. The summed E-state index contributed by atoms with van der Waals surface area (Å²) in [6, 6.07) is 13.2. The number of benzene rings is 2. The first-order valence-corrected chi connectivity index (χ1v) is 16.8. The number of rotatable bonds is 11. The minimum Gasteiger partial charge on any atom is -0.344 e. The van der Waals surface area contributed by atoms with Gasteiger partial charge in [0.25, 0.3) is 0 Å². The van der Waals surface area contributed by atoms with Gasteiger partial charge in [0.05, 0.1) is 67.2 Å². The standard InChI is InChI=1S/C38H55Cl2N4/c1-28-14-18-33-31(26-28)37(2,3)35(41(33)22-12-24-43(6,7)8)20-16-29(39)17-21-36-38(4,5)32-27-30(40)15-19-34(32)42(36)23-13-25-44(9,10)11/h14-21,26-27H,12-13,22-25H2,1-11H3/q+3. The predicted octanol–water partition coefficient (Wildman–Crippen LogP) is 8.58. The first-order valence-electron chi connectivity index (χ1n) is 16.0. The van der Waals surface area contributed by atoms with Gasteiger partial charge >= 0.3 is 0 Å². The van der Waals surface area contributed by atoms with E-state index in [1.54, 1.807) is 0 Å². The SMILES string of the molecule is Cc1ccc2c(c1)C(C)(C)\C(=C/C=C(Cl)/C=C/C1=[N+](CCC[N+](C)(C)C)c3ccc(Cl)cc3C1(C)C)N2CCC[N+](C)(C)C. The van der Waals surface area contributed by atoms with Gasteiger partial charge in [-0.3, -0.25) is 0 Å². The summed E-state index contributed by atoms with van der Waals surface area (Å²) in [4.78, 5) is 2.51. The van der Waals surface area contributed by atoms with E-state index in [1.807, 2.05) is 6.07 Å². The normalized spacial score (nSPS) is 19.0. The van der Waals surface area contributed by atoms with Crippen LogP contribution in [0.5, 0.6) is 0 Å². The van der Waals surface area contributed by atoms with Gasteiger partial charge in [-0.25, -0.2) is 0 Å². The van der Waals surface area contributed by atoms with Crippen LogP contribution in [0.1, 0.15) is 57.2 Å². The van der Waals surface area contributed by atoms with Crippen LogP contribution in [-0.2, 0) is 10.8 Å². The number of nitrogens with zero attached hydrogens (tertiary/aromatic N) is 4. The summed E-state index contributed by atoms with van der Waals surface area (Å²) in [6.45, 7) is 15.6. The molecule has 2 aliphatic rings. The number of allylic oxidation sites excluding steroid dienone is 6. The molecular formula is C38H55Cl2N4+3. The number of quaternary nitrogens is 2. The van der Waals surface area contributed by atoms with Crippen molar-refractivity contribution in [1.82, 2.24) is 0 Å². The Bertz CT molecular complexity index is 1510. The highest BCUT2D eigenvalue weighted by Gasteiger charge is 2.44. The number of aryl methyl sites for hydroxylation is 1. The van der Waals surface area contributed by atoms with E-state index in [1.165, 1.54) is 39.5 Å². The Kier molecular flexibility index (Phi) is 10.0. The molecule has 4 nitrogen and oxygen atoms in total. The van der Waals surface area contributed by atoms with Gasteiger partial charge in [0.15, 0.2) is 12.3 Å². The zero-order valence-electron chi connectivity index (χ0n) is 29.1. The molecule has 2 aromatic rings. The van der Waals surface area contributed by atoms with Gasteiger partial charge in [0.1, 0.15) is 0 Å². The minimum absolute atomic E-state index is 0.110. The molecule has 2 heterocycles. The van der Waals surface area contributed by atoms with Gasteiger partial charge in [-0.05, 0) is 62.8 Å². The van der Waals surface area contributed by atoms with Crippen LogP contribution in [0.3, 0.4) is 0 Å². The Morgan fingerprint density at radius 3 is 2.18 bits per heavy atom. The lowest BCUT2D eigenvalue weighted by molar-refractivity contribution is -0.871. The van der Waals surface area contributed by atoms with Crippen molar-refractivity contribution < 1.29 is 13.5 Å². The molecule has 6 heteroatoms. The van der Waals surface area contributed by atoms with Crippen LogP contribution in [-0.4, -0.2) is 87.7 Å². The Labute approximate surface area is 277 Å². The molecule has 0 aliphatic carbocycles. The average molecular weight is 639 g/mol. The molecular weight excluding hydrogens is 583 g/mol. The van der Waals surface area contributed by atoms with Crippen LogP contribution in [0.4, 0.5) is 11.4 Å². The molecule has 0 amide bonds.